The van der Waals surface area contributed by atoms with Gasteiger partial charge in [0, 0.05) is 13.6 Å². The Bertz CT molecular complexity index is 1070. The Morgan fingerprint density at radius 2 is 1.59 bits per heavy atom. The lowest BCUT2D eigenvalue weighted by atomic mass is 10.2. The molecule has 29 heavy (non-hydrogen) atoms. The number of hydrogen-bond donors (Lipinski definition) is 0. The van der Waals surface area contributed by atoms with Crippen LogP contribution < -0.4 is 9.47 Å². The van der Waals surface area contributed by atoms with Crippen LogP contribution in [-0.4, -0.2) is 26.9 Å². The quantitative estimate of drug-likeness (QED) is 0.552. The van der Waals surface area contributed by atoms with Crippen LogP contribution in [0.5, 0.6) is 11.5 Å². The number of ether oxygens (including phenoxy) is 2. The van der Waals surface area contributed by atoms with Crippen molar-refractivity contribution in [3.05, 3.63) is 89.7 Å². The lowest BCUT2D eigenvalue weighted by Crippen LogP contribution is -2.27. The Labute approximate surface area is 170 Å². The molecule has 0 saturated heterocycles. The van der Waals surface area contributed by atoms with E-state index in [2.05, 4.69) is 0 Å². The summed E-state index contributed by atoms with van der Waals surface area (Å²) in [5.74, 6) is 0.274. The summed E-state index contributed by atoms with van der Waals surface area (Å²) < 4.78 is 51.6. The first kappa shape index (κ1) is 20.8. The van der Waals surface area contributed by atoms with Crippen molar-refractivity contribution in [2.24, 2.45) is 0 Å². The zero-order valence-electron chi connectivity index (χ0n) is 16.2. The molecule has 0 heterocycles. The normalized spacial score (nSPS) is 11.4. The smallest absolute Gasteiger partial charge is 0.246 e. The van der Waals surface area contributed by atoms with Gasteiger partial charge in [-0.25, -0.2) is 12.8 Å². The second kappa shape index (κ2) is 9.07. The lowest BCUT2D eigenvalue weighted by Gasteiger charge is -2.19. The van der Waals surface area contributed by atoms with Gasteiger partial charge < -0.3 is 9.47 Å². The van der Waals surface area contributed by atoms with Crippen molar-refractivity contribution in [1.82, 2.24) is 4.31 Å². The molecule has 0 aliphatic heterocycles. The molecule has 0 unspecified atom stereocenters. The van der Waals surface area contributed by atoms with E-state index >= 15 is 0 Å². The number of halogens is 1. The van der Waals surface area contributed by atoms with Crippen molar-refractivity contribution in [3.63, 3.8) is 0 Å². The van der Waals surface area contributed by atoms with E-state index in [1.165, 1.54) is 32.4 Å². The Morgan fingerprint density at radius 1 is 0.897 bits per heavy atom. The third kappa shape index (κ3) is 4.93. The molecule has 3 aromatic carbocycles. The minimum Gasteiger partial charge on any atom is -0.493 e. The van der Waals surface area contributed by atoms with Gasteiger partial charge in [-0.3, -0.25) is 0 Å². The predicted octanol–water partition coefficient (Wildman–Crippen LogP) is 4.23. The first-order valence-corrected chi connectivity index (χ1v) is 10.4. The third-order valence-electron chi connectivity index (χ3n) is 4.40. The largest absolute Gasteiger partial charge is 0.493 e. The highest BCUT2D eigenvalue weighted by Crippen LogP contribution is 2.30. The van der Waals surface area contributed by atoms with Gasteiger partial charge in [-0.05, 0) is 35.4 Å². The highest BCUT2D eigenvalue weighted by Gasteiger charge is 2.24. The monoisotopic (exact) mass is 415 g/mol. The van der Waals surface area contributed by atoms with Crippen LogP contribution in [-0.2, 0) is 23.2 Å². The summed E-state index contributed by atoms with van der Waals surface area (Å²) in [4.78, 5) is -0.350. The van der Waals surface area contributed by atoms with Crippen LogP contribution in [0.4, 0.5) is 4.39 Å². The SMILES string of the molecule is COc1cc(CN(C)S(=O)(=O)c2ccccc2F)ccc1OCc1ccccc1. The van der Waals surface area contributed by atoms with E-state index < -0.39 is 15.8 Å². The van der Waals surface area contributed by atoms with Gasteiger partial charge in [-0.15, -0.1) is 0 Å². The number of nitrogens with zero attached hydrogens (tertiary/aromatic N) is 1. The van der Waals surface area contributed by atoms with Gasteiger partial charge >= 0.3 is 0 Å². The fraction of sp³-hybridized carbons (Fsp3) is 0.182. The minimum absolute atomic E-state index is 0.0615. The minimum atomic E-state index is -3.96. The van der Waals surface area contributed by atoms with E-state index in [9.17, 15) is 12.8 Å². The summed E-state index contributed by atoms with van der Waals surface area (Å²) in [6.45, 7) is 0.449. The summed E-state index contributed by atoms with van der Waals surface area (Å²) in [6, 6.07) is 20.3. The van der Waals surface area contributed by atoms with Crippen LogP contribution in [0.1, 0.15) is 11.1 Å². The van der Waals surface area contributed by atoms with Crippen molar-refractivity contribution in [1.29, 1.82) is 0 Å². The van der Waals surface area contributed by atoms with Gasteiger partial charge in [0.1, 0.15) is 17.3 Å². The average Bonchev–Trinajstić information content (AvgIpc) is 2.73. The van der Waals surface area contributed by atoms with Gasteiger partial charge in [0.25, 0.3) is 0 Å². The molecular formula is C22H22FNO4S. The van der Waals surface area contributed by atoms with Gasteiger partial charge in [0.2, 0.25) is 10.0 Å². The van der Waals surface area contributed by atoms with Crippen molar-refractivity contribution in [3.8, 4) is 11.5 Å². The molecule has 3 aromatic rings. The maximum Gasteiger partial charge on any atom is 0.246 e. The third-order valence-corrected chi connectivity index (χ3v) is 6.23. The molecule has 0 atom stereocenters. The van der Waals surface area contributed by atoms with Crippen molar-refractivity contribution in [2.75, 3.05) is 14.2 Å². The Balaban J connectivity index is 1.75. The molecule has 0 spiro atoms. The molecule has 152 valence electrons. The molecular weight excluding hydrogens is 393 g/mol. The second-order valence-electron chi connectivity index (χ2n) is 6.45. The molecule has 0 N–H and O–H groups in total. The fourth-order valence-electron chi connectivity index (χ4n) is 2.83. The van der Waals surface area contributed by atoms with Crippen LogP contribution in [0.25, 0.3) is 0 Å². The summed E-state index contributed by atoms with van der Waals surface area (Å²) in [5.41, 5.74) is 1.71. The molecule has 0 amide bonds. The number of hydrogen-bond acceptors (Lipinski definition) is 4. The topological polar surface area (TPSA) is 55.8 Å². The van der Waals surface area contributed by atoms with E-state index in [1.54, 1.807) is 18.2 Å². The molecule has 0 aromatic heterocycles. The molecule has 0 bridgehead atoms. The van der Waals surface area contributed by atoms with Gasteiger partial charge in [-0.2, -0.15) is 4.31 Å². The van der Waals surface area contributed by atoms with Crippen LogP contribution in [0.15, 0.2) is 77.7 Å². The van der Waals surface area contributed by atoms with Crippen molar-refractivity contribution in [2.45, 2.75) is 18.0 Å². The summed E-state index contributed by atoms with van der Waals surface area (Å²) >= 11 is 0. The molecule has 0 aliphatic carbocycles. The maximum atomic E-state index is 13.9. The molecule has 0 aliphatic rings. The summed E-state index contributed by atoms with van der Waals surface area (Å²) in [5, 5.41) is 0. The number of methoxy groups -OCH3 is 1. The Hall–Kier alpha value is -2.90. The lowest BCUT2D eigenvalue weighted by molar-refractivity contribution is 0.284. The summed E-state index contributed by atoms with van der Waals surface area (Å²) in [7, 11) is -1.02. The predicted molar refractivity (Wildman–Crippen MR) is 109 cm³/mol. The van der Waals surface area contributed by atoms with Gasteiger partial charge in [-0.1, -0.05) is 48.5 Å². The number of benzene rings is 3. The van der Waals surface area contributed by atoms with Crippen LogP contribution in [0, 0.1) is 5.82 Å². The van der Waals surface area contributed by atoms with Gasteiger partial charge in [0.05, 0.1) is 7.11 Å². The molecule has 0 saturated carbocycles. The van der Waals surface area contributed by atoms with Crippen molar-refractivity contribution < 1.29 is 22.3 Å². The standard InChI is InChI=1S/C22H22FNO4S/c1-24(29(25,26)22-11-7-6-10-19(22)23)15-18-12-13-20(21(14-18)27-2)28-16-17-8-4-3-5-9-17/h3-14H,15-16H2,1-2H3. The molecule has 5 nitrogen and oxygen atoms in total. The summed E-state index contributed by atoms with van der Waals surface area (Å²) in [6.07, 6.45) is 0. The van der Waals surface area contributed by atoms with E-state index in [-0.39, 0.29) is 11.4 Å². The van der Waals surface area contributed by atoms with E-state index in [4.69, 9.17) is 9.47 Å². The van der Waals surface area contributed by atoms with E-state index in [1.807, 2.05) is 30.3 Å². The molecule has 0 fully saturated rings. The molecule has 7 heteroatoms. The maximum absolute atomic E-state index is 13.9. The van der Waals surface area contributed by atoms with Crippen LogP contribution in [0.3, 0.4) is 0 Å². The van der Waals surface area contributed by atoms with Crippen LogP contribution >= 0.6 is 0 Å². The van der Waals surface area contributed by atoms with E-state index in [0.29, 0.717) is 23.7 Å². The highest BCUT2D eigenvalue weighted by atomic mass is 32.2. The Kier molecular flexibility index (Phi) is 6.51. The number of sulfonamides is 1. The number of rotatable bonds is 8. The fourth-order valence-corrected chi connectivity index (χ4v) is 4.05. The molecule has 0 radical (unpaired) electrons. The first-order valence-electron chi connectivity index (χ1n) is 8.96. The average molecular weight is 415 g/mol. The Morgan fingerprint density at radius 3 is 2.28 bits per heavy atom. The zero-order valence-corrected chi connectivity index (χ0v) is 17.0. The van der Waals surface area contributed by atoms with E-state index in [0.717, 1.165) is 15.9 Å². The van der Waals surface area contributed by atoms with Crippen LogP contribution in [0.2, 0.25) is 0 Å². The second-order valence-corrected chi connectivity index (χ2v) is 8.46. The first-order chi connectivity index (χ1) is 13.9. The van der Waals surface area contributed by atoms with Crippen molar-refractivity contribution >= 4 is 10.0 Å². The highest BCUT2D eigenvalue weighted by molar-refractivity contribution is 7.89. The van der Waals surface area contributed by atoms with Gasteiger partial charge in [0.15, 0.2) is 11.5 Å². The molecule has 3 rings (SSSR count). The zero-order chi connectivity index (χ0) is 20.9.